The highest BCUT2D eigenvalue weighted by molar-refractivity contribution is 5.92. The van der Waals surface area contributed by atoms with E-state index in [2.05, 4.69) is 10.6 Å². The van der Waals surface area contributed by atoms with Crippen LogP contribution in [0.25, 0.3) is 11.1 Å². The average molecular weight is 468 g/mol. The molecule has 3 N–H and O–H groups in total. The first kappa shape index (κ1) is 24.8. The minimum atomic E-state index is -1.36. The zero-order valence-electron chi connectivity index (χ0n) is 19.2. The lowest BCUT2D eigenvalue weighted by Gasteiger charge is -2.25. The van der Waals surface area contributed by atoms with E-state index in [0.717, 1.165) is 22.3 Å². The Bertz CT molecular complexity index is 1020. The van der Waals surface area contributed by atoms with Crippen LogP contribution >= 0.6 is 0 Å². The van der Waals surface area contributed by atoms with Crippen LogP contribution in [-0.2, 0) is 19.1 Å². The summed E-state index contributed by atoms with van der Waals surface area (Å²) in [4.78, 5) is 49.9. The number of carbonyl (C=O) groups excluding carboxylic acids is 3. The zero-order chi connectivity index (χ0) is 24.7. The molecule has 3 amide bonds. The molecule has 0 spiro atoms. The van der Waals surface area contributed by atoms with Gasteiger partial charge in [0.25, 0.3) is 0 Å². The normalized spacial score (nSPS) is 12.8. The second kappa shape index (κ2) is 11.3. The number of nitrogens with one attached hydrogen (secondary N) is 2. The van der Waals surface area contributed by atoms with Crippen LogP contribution in [0.1, 0.15) is 37.3 Å². The van der Waals surface area contributed by atoms with Gasteiger partial charge in [-0.2, -0.15) is 0 Å². The number of nitrogens with zero attached hydrogens (tertiary/aromatic N) is 1. The molecule has 1 unspecified atom stereocenters. The fourth-order valence-corrected chi connectivity index (χ4v) is 4.15. The summed E-state index contributed by atoms with van der Waals surface area (Å²) in [6, 6.07) is 14.4. The van der Waals surface area contributed by atoms with Gasteiger partial charge in [0, 0.05) is 19.0 Å². The lowest BCUT2D eigenvalue weighted by molar-refractivity contribution is -0.143. The van der Waals surface area contributed by atoms with Gasteiger partial charge in [0.15, 0.2) is 0 Å². The van der Waals surface area contributed by atoms with Crippen LogP contribution in [0.15, 0.2) is 48.5 Å². The van der Waals surface area contributed by atoms with Crippen LogP contribution in [0.4, 0.5) is 4.79 Å². The van der Waals surface area contributed by atoms with Crippen molar-refractivity contribution in [2.24, 2.45) is 0 Å². The van der Waals surface area contributed by atoms with Crippen molar-refractivity contribution in [3.8, 4) is 11.1 Å². The number of carboxylic acid groups (broad SMARTS) is 1. The summed E-state index contributed by atoms with van der Waals surface area (Å²) >= 11 is 0. The average Bonchev–Trinajstić information content (AvgIpc) is 3.14. The Morgan fingerprint density at radius 1 is 1.00 bits per heavy atom. The molecule has 1 atom stereocenters. The van der Waals surface area contributed by atoms with E-state index in [4.69, 9.17) is 4.74 Å². The Hall–Kier alpha value is -3.88. The monoisotopic (exact) mass is 467 g/mol. The van der Waals surface area contributed by atoms with Crippen molar-refractivity contribution in [3.05, 3.63) is 59.7 Å². The number of carboxylic acids is 1. The number of hydrogen-bond acceptors (Lipinski definition) is 5. The van der Waals surface area contributed by atoms with Crippen molar-refractivity contribution >= 4 is 23.9 Å². The van der Waals surface area contributed by atoms with E-state index >= 15 is 0 Å². The van der Waals surface area contributed by atoms with E-state index in [1.807, 2.05) is 48.5 Å². The number of fused-ring (bicyclic) bond motifs is 3. The van der Waals surface area contributed by atoms with Crippen LogP contribution in [0.3, 0.4) is 0 Å². The van der Waals surface area contributed by atoms with E-state index in [0.29, 0.717) is 6.54 Å². The molecule has 0 bridgehead atoms. The van der Waals surface area contributed by atoms with Crippen molar-refractivity contribution in [3.63, 3.8) is 0 Å². The fraction of sp³-hybridized carbons (Fsp3) is 0.360. The Balaban J connectivity index is 1.68. The quantitative estimate of drug-likeness (QED) is 0.493. The summed E-state index contributed by atoms with van der Waals surface area (Å²) in [6.45, 7) is 3.81. The molecular formula is C25H29N3O6. The second-order valence-electron chi connectivity index (χ2n) is 7.93. The van der Waals surface area contributed by atoms with Crippen LogP contribution in [0.5, 0.6) is 0 Å². The minimum absolute atomic E-state index is 0.0320. The second-order valence-corrected chi connectivity index (χ2v) is 7.93. The third kappa shape index (κ3) is 5.72. The number of alkyl carbamates (subject to hydrolysis) is 1. The van der Waals surface area contributed by atoms with Crippen LogP contribution < -0.4 is 10.6 Å². The topological polar surface area (TPSA) is 125 Å². The van der Waals surface area contributed by atoms with Gasteiger partial charge >= 0.3 is 12.1 Å². The SMILES string of the molecule is CCNC(=O)CN(CC)C(=O)C(CC(=O)O)NC(=O)OCC1c2ccccc2-c2ccccc21. The van der Waals surface area contributed by atoms with Gasteiger partial charge in [0.2, 0.25) is 11.8 Å². The lowest BCUT2D eigenvalue weighted by Crippen LogP contribution is -2.52. The Kier molecular flexibility index (Phi) is 8.24. The molecule has 0 fully saturated rings. The number of benzene rings is 2. The molecule has 2 aromatic rings. The number of hydrogen-bond donors (Lipinski definition) is 3. The predicted octanol–water partition coefficient (Wildman–Crippen LogP) is 2.35. The first-order valence-corrected chi connectivity index (χ1v) is 11.2. The molecule has 0 saturated heterocycles. The first-order valence-electron chi connectivity index (χ1n) is 11.2. The van der Waals surface area contributed by atoms with Gasteiger partial charge in [-0.1, -0.05) is 48.5 Å². The summed E-state index contributed by atoms with van der Waals surface area (Å²) < 4.78 is 5.44. The maximum Gasteiger partial charge on any atom is 0.407 e. The van der Waals surface area contributed by atoms with Gasteiger partial charge in [-0.15, -0.1) is 0 Å². The smallest absolute Gasteiger partial charge is 0.407 e. The molecule has 9 nitrogen and oxygen atoms in total. The minimum Gasteiger partial charge on any atom is -0.481 e. The number of ether oxygens (including phenoxy) is 1. The van der Waals surface area contributed by atoms with Gasteiger partial charge in [-0.3, -0.25) is 14.4 Å². The third-order valence-corrected chi connectivity index (χ3v) is 5.71. The summed E-state index contributed by atoms with van der Waals surface area (Å²) in [6.07, 6.45) is -1.52. The molecular weight excluding hydrogens is 438 g/mol. The van der Waals surface area contributed by atoms with Crippen LogP contribution in [0.2, 0.25) is 0 Å². The molecule has 34 heavy (non-hydrogen) atoms. The molecule has 0 aliphatic heterocycles. The lowest BCUT2D eigenvalue weighted by atomic mass is 9.98. The van der Waals surface area contributed by atoms with Crippen LogP contribution in [-0.4, -0.2) is 66.2 Å². The molecule has 2 aromatic carbocycles. The van der Waals surface area contributed by atoms with Crippen molar-refractivity contribution in [2.75, 3.05) is 26.2 Å². The number of aliphatic carboxylic acids is 1. The molecule has 1 aliphatic carbocycles. The number of amides is 3. The number of rotatable bonds is 10. The molecule has 0 heterocycles. The predicted molar refractivity (Wildman–Crippen MR) is 125 cm³/mol. The van der Waals surface area contributed by atoms with Crippen LogP contribution in [0, 0.1) is 0 Å². The van der Waals surface area contributed by atoms with Crippen molar-refractivity contribution in [2.45, 2.75) is 32.2 Å². The largest absolute Gasteiger partial charge is 0.481 e. The Morgan fingerprint density at radius 3 is 2.12 bits per heavy atom. The van der Waals surface area contributed by atoms with Gasteiger partial charge in [-0.25, -0.2) is 4.79 Å². The molecule has 1 aliphatic rings. The summed E-state index contributed by atoms with van der Waals surface area (Å²) in [5.74, 6) is -2.46. The molecule has 0 aromatic heterocycles. The molecule has 3 rings (SSSR count). The maximum absolute atomic E-state index is 12.9. The van der Waals surface area contributed by atoms with Crippen molar-refractivity contribution in [1.82, 2.24) is 15.5 Å². The Labute approximate surface area is 198 Å². The summed E-state index contributed by atoms with van der Waals surface area (Å²) in [7, 11) is 0. The third-order valence-electron chi connectivity index (χ3n) is 5.71. The van der Waals surface area contributed by atoms with E-state index < -0.39 is 30.4 Å². The van der Waals surface area contributed by atoms with Crippen molar-refractivity contribution in [1.29, 1.82) is 0 Å². The van der Waals surface area contributed by atoms with Gasteiger partial charge in [-0.05, 0) is 36.1 Å². The van der Waals surface area contributed by atoms with E-state index in [9.17, 15) is 24.3 Å². The van der Waals surface area contributed by atoms with E-state index in [1.165, 1.54) is 4.90 Å². The van der Waals surface area contributed by atoms with Gasteiger partial charge in [0.1, 0.15) is 12.6 Å². The molecule has 0 saturated carbocycles. The highest BCUT2D eigenvalue weighted by atomic mass is 16.5. The Morgan fingerprint density at radius 2 is 1.59 bits per heavy atom. The highest BCUT2D eigenvalue weighted by Gasteiger charge is 2.31. The number of carbonyl (C=O) groups is 4. The fourth-order valence-electron chi connectivity index (χ4n) is 4.15. The van der Waals surface area contributed by atoms with Gasteiger partial charge < -0.3 is 25.4 Å². The van der Waals surface area contributed by atoms with E-state index in [-0.39, 0.29) is 31.5 Å². The van der Waals surface area contributed by atoms with Gasteiger partial charge in [0.05, 0.1) is 13.0 Å². The zero-order valence-corrected chi connectivity index (χ0v) is 19.2. The van der Waals surface area contributed by atoms with E-state index in [1.54, 1.807) is 13.8 Å². The van der Waals surface area contributed by atoms with Crippen molar-refractivity contribution < 1.29 is 29.0 Å². The highest BCUT2D eigenvalue weighted by Crippen LogP contribution is 2.44. The standard InChI is InChI=1S/C25H29N3O6/c1-3-26-22(29)14-28(4-2)24(32)21(13-23(30)31)27-25(33)34-15-20-18-11-7-5-9-16(18)17-10-6-8-12-19(17)20/h5-12,20-21H,3-4,13-15H2,1-2H3,(H,26,29)(H,27,33)(H,30,31). The maximum atomic E-state index is 12.9. The summed E-state index contributed by atoms with van der Waals surface area (Å²) in [5, 5.41) is 14.2. The first-order chi connectivity index (χ1) is 16.3. The molecule has 9 heteroatoms. The number of likely N-dealkylation sites (N-methyl/N-ethyl adjacent to an activating group) is 2. The molecule has 0 radical (unpaired) electrons. The summed E-state index contributed by atoms with van der Waals surface area (Å²) in [5.41, 5.74) is 4.23. The molecule has 180 valence electrons.